The number of aliphatic carboxylic acids is 2. The van der Waals surface area contributed by atoms with Gasteiger partial charge in [-0.15, -0.1) is 0 Å². The fourth-order valence-electron chi connectivity index (χ4n) is 2.00. The molecule has 14 heteroatoms. The fraction of sp³-hybridized carbons (Fsp3) is 0.882. The average molecular weight is 635 g/mol. The van der Waals surface area contributed by atoms with E-state index in [1.54, 1.807) is 0 Å². The van der Waals surface area contributed by atoms with Crippen molar-refractivity contribution in [1.29, 1.82) is 0 Å². The summed E-state index contributed by atoms with van der Waals surface area (Å²) in [5.41, 5.74) is 6.65. The molecule has 0 bridgehead atoms. The maximum Gasteiger partial charge on any atom is 2.00 e. The Kier molecular flexibility index (Phi) is 13.4. The smallest absolute Gasteiger partial charge is 0.546 e. The zero-order valence-electron chi connectivity index (χ0n) is 16.6. The number of carboxylic acids is 2. The molecule has 2 aliphatic carbocycles. The van der Waals surface area contributed by atoms with Crippen molar-refractivity contribution in [2.45, 2.75) is 80.6 Å². The Bertz CT molecular complexity index is 541. The van der Waals surface area contributed by atoms with Crippen molar-refractivity contribution in [3.05, 3.63) is 0 Å². The van der Waals surface area contributed by atoms with Crippen LogP contribution in [0.15, 0.2) is 0 Å². The summed E-state index contributed by atoms with van der Waals surface area (Å²) in [5.74, 6) is -5.05. The van der Waals surface area contributed by atoms with Crippen molar-refractivity contribution in [3.8, 4) is 0 Å². The third-order valence-corrected chi connectivity index (χ3v) is 4.47. The molecule has 3 rings (SSSR count). The molecule has 2 saturated carbocycles. The first-order valence-corrected chi connectivity index (χ1v) is 9.49. The fourth-order valence-corrected chi connectivity index (χ4v) is 2.00. The molecule has 5 atom stereocenters. The van der Waals surface area contributed by atoms with Crippen LogP contribution in [0.3, 0.4) is 0 Å². The van der Waals surface area contributed by atoms with Crippen LogP contribution in [0.4, 0.5) is 4.39 Å². The second-order valence-electron chi connectivity index (χ2n) is 7.37. The Balaban J connectivity index is 0.000000822. The second kappa shape index (κ2) is 13.7. The van der Waals surface area contributed by atoms with Crippen LogP contribution in [0.25, 0.3) is 0 Å². The summed E-state index contributed by atoms with van der Waals surface area (Å²) < 4.78 is 23.2. The van der Waals surface area contributed by atoms with E-state index >= 15 is 0 Å². The number of rotatable bonds is 7. The minimum Gasteiger partial charge on any atom is -0.546 e. The van der Waals surface area contributed by atoms with E-state index < -0.39 is 67.9 Å². The summed E-state index contributed by atoms with van der Waals surface area (Å²) in [6.45, 7) is -1.57. The minimum absolute atomic E-state index is 0. The number of aliphatic hydroxyl groups is 4. The third-order valence-electron chi connectivity index (χ3n) is 4.47. The van der Waals surface area contributed by atoms with Gasteiger partial charge in [-0.05, 0) is 25.7 Å². The largest absolute Gasteiger partial charge is 2.00 e. The van der Waals surface area contributed by atoms with Crippen molar-refractivity contribution in [2.24, 2.45) is 11.5 Å². The first-order chi connectivity index (χ1) is 13.9. The summed E-state index contributed by atoms with van der Waals surface area (Å²) in [7, 11) is 0. The van der Waals surface area contributed by atoms with Gasteiger partial charge in [-0.25, -0.2) is 4.39 Å². The Morgan fingerprint density at radius 2 is 1.42 bits per heavy atom. The van der Waals surface area contributed by atoms with Crippen LogP contribution in [0.1, 0.15) is 32.1 Å². The Morgan fingerprint density at radius 3 is 1.74 bits per heavy atom. The molecule has 1 saturated heterocycles. The summed E-state index contributed by atoms with van der Waals surface area (Å²) >= 11 is 0. The second-order valence-corrected chi connectivity index (χ2v) is 7.37. The zero-order chi connectivity index (χ0) is 23.1. The Labute approximate surface area is 192 Å². The van der Waals surface area contributed by atoms with Gasteiger partial charge in [0, 0.05) is 18.5 Å². The van der Waals surface area contributed by atoms with Crippen LogP contribution < -0.4 is 21.7 Å². The quantitative estimate of drug-likeness (QED) is 0.144. The molecular formula is C17H29FN2O10Pt. The number of nitrogens with two attached hydrogens (primary N) is 2. The number of hydrogen-bond acceptors (Lipinski definition) is 12. The zero-order valence-corrected chi connectivity index (χ0v) is 18.9. The van der Waals surface area contributed by atoms with Gasteiger partial charge in [0.2, 0.25) is 0 Å². The Morgan fingerprint density at radius 1 is 1.00 bits per heavy atom. The van der Waals surface area contributed by atoms with Gasteiger partial charge in [-0.2, -0.15) is 0 Å². The van der Waals surface area contributed by atoms with Crippen molar-refractivity contribution < 1.29 is 75.2 Å². The number of aliphatic hydroxyl groups excluding tert-OH is 4. The van der Waals surface area contributed by atoms with Crippen molar-refractivity contribution in [3.63, 3.8) is 0 Å². The maximum absolute atomic E-state index is 13.5. The van der Waals surface area contributed by atoms with Crippen LogP contribution in [0.5, 0.6) is 0 Å². The third kappa shape index (κ3) is 10.1. The molecule has 12 nitrogen and oxygen atoms in total. The SMILES string of the molecule is NC1CC1.NC1CC1.O=C([O-])C(F)(CCOC1O[C@H](CO)[C@@H](O)[C@H](O)[C@H]1O)C(=O)[O-].[Pt+2]. The number of hydrogen-bond donors (Lipinski definition) is 6. The van der Waals surface area contributed by atoms with Crippen molar-refractivity contribution in [2.75, 3.05) is 13.2 Å². The number of carbonyl (C=O) groups is 2. The van der Waals surface area contributed by atoms with E-state index in [1.165, 1.54) is 25.7 Å². The molecule has 31 heavy (non-hydrogen) atoms. The first kappa shape index (κ1) is 30.2. The standard InChI is InChI=1S/C11H17FO10.2C3H7N.Pt/c12-11(9(17)18,10(19)20)1-2-21-8-7(16)6(15)5(14)4(3-13)22-8;2*4-3-1-2-3;/h4-8,13-16H,1-3H2,(H,17,18)(H,19,20);2*3H,1-2,4H2;/q;;;+2/p-2/t4-,5-,6+,7-,8?;;;/m1.../s1. The molecule has 0 radical (unpaired) electrons. The van der Waals surface area contributed by atoms with Crippen LogP contribution >= 0.6 is 0 Å². The monoisotopic (exact) mass is 635 g/mol. The van der Waals surface area contributed by atoms with Gasteiger partial charge >= 0.3 is 21.1 Å². The summed E-state index contributed by atoms with van der Waals surface area (Å²) in [5, 5.41) is 58.3. The Hall–Kier alpha value is -0.762. The molecule has 0 aromatic rings. The van der Waals surface area contributed by atoms with Crippen LogP contribution in [0, 0.1) is 0 Å². The van der Waals surface area contributed by atoms with E-state index in [0.29, 0.717) is 12.1 Å². The van der Waals surface area contributed by atoms with Gasteiger partial charge in [0.15, 0.2) is 12.0 Å². The summed E-state index contributed by atoms with van der Waals surface area (Å²) in [6.07, 6.45) is -4.21. The van der Waals surface area contributed by atoms with E-state index in [9.17, 15) is 39.5 Å². The predicted octanol–water partition coefficient (Wildman–Crippen LogP) is -5.39. The van der Waals surface area contributed by atoms with E-state index in [0.717, 1.165) is 0 Å². The van der Waals surface area contributed by atoms with E-state index in [1.807, 2.05) is 0 Å². The molecule has 1 heterocycles. The van der Waals surface area contributed by atoms with E-state index in [-0.39, 0.29) is 21.1 Å². The van der Waals surface area contributed by atoms with E-state index in [2.05, 4.69) is 0 Å². The predicted molar refractivity (Wildman–Crippen MR) is 92.6 cm³/mol. The summed E-state index contributed by atoms with van der Waals surface area (Å²) in [4.78, 5) is 20.9. The first-order valence-electron chi connectivity index (χ1n) is 9.49. The van der Waals surface area contributed by atoms with Crippen molar-refractivity contribution >= 4 is 11.9 Å². The van der Waals surface area contributed by atoms with Crippen LogP contribution in [-0.4, -0.2) is 94.0 Å². The minimum atomic E-state index is -3.80. The van der Waals surface area contributed by atoms with Crippen LogP contribution in [-0.2, 0) is 40.1 Å². The van der Waals surface area contributed by atoms with E-state index in [4.69, 9.17) is 26.0 Å². The molecule has 8 N–H and O–H groups in total. The van der Waals surface area contributed by atoms with Gasteiger partial charge < -0.3 is 61.2 Å². The maximum atomic E-state index is 13.5. The van der Waals surface area contributed by atoms with Gasteiger partial charge in [0.05, 0.1) is 25.2 Å². The number of carboxylic acid groups (broad SMARTS) is 2. The number of halogens is 1. The molecule has 0 aromatic heterocycles. The van der Waals surface area contributed by atoms with Gasteiger partial charge in [-0.3, -0.25) is 0 Å². The average Bonchev–Trinajstić information content (AvgIpc) is 3.62. The molecule has 184 valence electrons. The molecular weight excluding hydrogens is 606 g/mol. The molecule has 0 amide bonds. The topological polar surface area (TPSA) is 232 Å². The molecule has 3 aliphatic rings. The van der Waals surface area contributed by atoms with Gasteiger partial charge in [-0.1, -0.05) is 0 Å². The molecule has 1 unspecified atom stereocenters. The molecule has 0 spiro atoms. The molecule has 3 fully saturated rings. The number of carbonyl (C=O) groups excluding carboxylic acids is 2. The van der Waals surface area contributed by atoms with Crippen LogP contribution in [0.2, 0.25) is 0 Å². The van der Waals surface area contributed by atoms with Gasteiger partial charge in [0.1, 0.15) is 24.4 Å². The number of ether oxygens (including phenoxy) is 2. The van der Waals surface area contributed by atoms with Crippen molar-refractivity contribution in [1.82, 2.24) is 0 Å². The summed E-state index contributed by atoms with van der Waals surface area (Å²) in [6, 6.07) is 1.17. The van der Waals surface area contributed by atoms with Gasteiger partial charge in [0.25, 0.3) is 0 Å². The molecule has 1 aliphatic heterocycles. The normalized spacial score (nSPS) is 30.0. The number of alkyl halides is 1. The molecule has 0 aromatic carbocycles.